The van der Waals surface area contributed by atoms with E-state index in [9.17, 15) is 32.7 Å². The number of alkyl halides is 3. The number of allylic oxidation sites excluding steroid dienone is 1. The summed E-state index contributed by atoms with van der Waals surface area (Å²) in [6.07, 6.45) is -5.23. The summed E-state index contributed by atoms with van der Waals surface area (Å²) in [5.41, 5.74) is 3.27. The van der Waals surface area contributed by atoms with Gasteiger partial charge in [0.25, 0.3) is 5.91 Å². The number of nitrogens with zero attached hydrogens (tertiary/aromatic N) is 2. The number of carboxylic acid groups (broad SMARTS) is 1. The lowest BCUT2D eigenvalue weighted by atomic mass is 10.0. The van der Waals surface area contributed by atoms with Crippen molar-refractivity contribution in [1.82, 2.24) is 4.90 Å². The largest absolute Gasteiger partial charge is 0.497 e. The van der Waals surface area contributed by atoms with Crippen molar-refractivity contribution in [2.24, 2.45) is 4.99 Å². The number of methoxy groups -OCH3 is 1. The van der Waals surface area contributed by atoms with Crippen LogP contribution in [-0.4, -0.2) is 47.2 Å². The second kappa shape index (κ2) is 14.1. The maximum atomic E-state index is 13.5. The van der Waals surface area contributed by atoms with Crippen molar-refractivity contribution in [3.63, 3.8) is 0 Å². The van der Waals surface area contributed by atoms with Crippen LogP contribution in [-0.2, 0) is 28.7 Å². The molecule has 0 aliphatic carbocycles. The normalized spacial score (nSPS) is 12.4. The monoisotopic (exact) mass is 720 g/mol. The summed E-state index contributed by atoms with van der Waals surface area (Å²) < 4.78 is 46.4. The highest BCUT2D eigenvalue weighted by molar-refractivity contribution is 9.10. The van der Waals surface area contributed by atoms with Gasteiger partial charge in [-0.1, -0.05) is 46.8 Å². The number of anilines is 2. The number of ether oxygens (including phenoxy) is 1. The topological polar surface area (TPSA) is 120 Å². The van der Waals surface area contributed by atoms with Crippen LogP contribution < -0.4 is 15.4 Å². The summed E-state index contributed by atoms with van der Waals surface area (Å²) in [6.45, 7) is 3.48. The zero-order valence-corrected chi connectivity index (χ0v) is 27.0. The van der Waals surface area contributed by atoms with Gasteiger partial charge in [0.2, 0.25) is 5.91 Å². The number of carboxylic acids is 1. The van der Waals surface area contributed by atoms with Crippen molar-refractivity contribution in [2.75, 3.05) is 24.3 Å². The fraction of sp³-hybridized carbons (Fsp3) is 0.143. The number of rotatable bonds is 10. The number of carbonyl (C=O) groups is 3. The van der Waals surface area contributed by atoms with Crippen LogP contribution in [0.4, 0.5) is 30.2 Å². The zero-order chi connectivity index (χ0) is 34.6. The van der Waals surface area contributed by atoms with E-state index in [1.54, 1.807) is 18.2 Å². The van der Waals surface area contributed by atoms with Gasteiger partial charge >= 0.3 is 12.1 Å². The standard InChI is InChI=1S/C35H28BrF3N4O5/c1-20-33(22-4-9-25(36)10-5-22)42-29-14-3-21(15-30(29)40-20)18-43(19-32(45)46)34(47)23-6-11-26(12-7-23)41-31(44)16-24-8-13-27(48-2)17-28(24)35(37,38)39/h3-15,17,40H,1,16,18-19H2,2H3,(H,41,44)(H,45,46). The van der Waals surface area contributed by atoms with Crippen LogP contribution in [0.25, 0.3) is 0 Å². The van der Waals surface area contributed by atoms with Crippen molar-refractivity contribution in [2.45, 2.75) is 19.1 Å². The molecule has 246 valence electrons. The summed E-state index contributed by atoms with van der Waals surface area (Å²) in [5, 5.41) is 15.3. The number of amides is 2. The molecule has 0 radical (unpaired) electrons. The van der Waals surface area contributed by atoms with Gasteiger partial charge in [-0.2, -0.15) is 13.2 Å². The molecule has 0 spiro atoms. The second-order valence-electron chi connectivity index (χ2n) is 10.8. The Morgan fingerprint density at radius 3 is 2.35 bits per heavy atom. The smallest absolute Gasteiger partial charge is 0.416 e. The molecule has 2 amide bonds. The number of aliphatic carboxylic acids is 1. The second-order valence-corrected chi connectivity index (χ2v) is 11.7. The van der Waals surface area contributed by atoms with Crippen LogP contribution in [0, 0.1) is 0 Å². The predicted octanol–water partition coefficient (Wildman–Crippen LogP) is 7.44. The molecule has 0 saturated carbocycles. The minimum Gasteiger partial charge on any atom is -0.497 e. The Labute approximate surface area is 281 Å². The first-order valence-corrected chi connectivity index (χ1v) is 15.2. The average Bonchev–Trinajstić information content (AvgIpc) is 3.04. The van der Waals surface area contributed by atoms with Gasteiger partial charge in [-0.15, -0.1) is 0 Å². The minimum atomic E-state index is -4.68. The number of hydrogen-bond acceptors (Lipinski definition) is 6. The molecule has 0 aromatic heterocycles. The van der Waals surface area contributed by atoms with Gasteiger partial charge in [0, 0.05) is 27.8 Å². The van der Waals surface area contributed by atoms with E-state index in [0.29, 0.717) is 28.3 Å². The van der Waals surface area contributed by atoms with Gasteiger partial charge in [0.1, 0.15) is 12.3 Å². The molecule has 0 unspecified atom stereocenters. The third-order valence-electron chi connectivity index (χ3n) is 7.36. The minimum absolute atomic E-state index is 0.0122. The molecule has 1 aliphatic heterocycles. The van der Waals surface area contributed by atoms with Gasteiger partial charge in [0.15, 0.2) is 0 Å². The summed E-state index contributed by atoms with van der Waals surface area (Å²) in [7, 11) is 1.25. The summed E-state index contributed by atoms with van der Waals surface area (Å²) >= 11 is 3.42. The van der Waals surface area contributed by atoms with Gasteiger partial charge in [-0.25, -0.2) is 4.99 Å². The predicted molar refractivity (Wildman–Crippen MR) is 179 cm³/mol. The fourth-order valence-electron chi connectivity index (χ4n) is 5.08. The van der Waals surface area contributed by atoms with Crippen LogP contribution in [0.5, 0.6) is 5.75 Å². The molecule has 4 aromatic rings. The first kappa shape index (κ1) is 33.9. The third-order valence-corrected chi connectivity index (χ3v) is 7.89. The maximum absolute atomic E-state index is 13.5. The SMILES string of the molecule is C=C1Nc2cc(CN(CC(=O)O)C(=O)c3ccc(NC(=O)Cc4ccc(OC)cc4C(F)(F)F)cc3)ccc2N=C1c1ccc(Br)cc1. The number of carbonyl (C=O) groups excluding carboxylic acids is 2. The lowest BCUT2D eigenvalue weighted by Crippen LogP contribution is -2.35. The molecule has 4 aromatic carbocycles. The number of benzene rings is 4. The number of nitrogens with one attached hydrogen (secondary N) is 2. The Hall–Kier alpha value is -5.43. The molecular weight excluding hydrogens is 693 g/mol. The third kappa shape index (κ3) is 8.10. The van der Waals surface area contributed by atoms with Gasteiger partial charge < -0.3 is 25.4 Å². The van der Waals surface area contributed by atoms with Crippen molar-refractivity contribution in [3.05, 3.63) is 129 Å². The van der Waals surface area contributed by atoms with E-state index in [2.05, 4.69) is 33.1 Å². The highest BCUT2D eigenvalue weighted by Gasteiger charge is 2.34. The summed E-state index contributed by atoms with van der Waals surface area (Å²) in [4.78, 5) is 43.6. The number of hydrogen-bond donors (Lipinski definition) is 3. The first-order valence-electron chi connectivity index (χ1n) is 14.4. The fourth-order valence-corrected chi connectivity index (χ4v) is 5.34. The van der Waals surface area contributed by atoms with E-state index in [1.165, 1.54) is 43.5 Å². The molecule has 0 fully saturated rings. The average molecular weight is 722 g/mol. The Bertz CT molecular complexity index is 1930. The highest BCUT2D eigenvalue weighted by Crippen LogP contribution is 2.35. The van der Waals surface area contributed by atoms with Gasteiger partial charge in [-0.3, -0.25) is 14.4 Å². The summed E-state index contributed by atoms with van der Waals surface area (Å²) in [5.74, 6) is -2.47. The van der Waals surface area contributed by atoms with Crippen LogP contribution in [0.3, 0.4) is 0 Å². The lowest BCUT2D eigenvalue weighted by Gasteiger charge is -2.24. The van der Waals surface area contributed by atoms with Crippen LogP contribution in [0.15, 0.2) is 107 Å². The number of fused-ring (bicyclic) bond motifs is 1. The first-order chi connectivity index (χ1) is 22.8. The van der Waals surface area contributed by atoms with Crippen molar-refractivity contribution < 1.29 is 37.4 Å². The molecule has 1 heterocycles. The van der Waals surface area contributed by atoms with Crippen LogP contribution in [0.1, 0.15) is 32.6 Å². The van der Waals surface area contributed by atoms with E-state index in [4.69, 9.17) is 9.73 Å². The zero-order valence-electron chi connectivity index (χ0n) is 25.4. The Balaban J connectivity index is 1.28. The van der Waals surface area contributed by atoms with Gasteiger partial charge in [0.05, 0.1) is 41.9 Å². The highest BCUT2D eigenvalue weighted by atomic mass is 79.9. The molecule has 9 nitrogen and oxygen atoms in total. The molecular formula is C35H28BrF3N4O5. The van der Waals surface area contributed by atoms with Crippen molar-refractivity contribution in [3.8, 4) is 5.75 Å². The Morgan fingerprint density at radius 2 is 1.71 bits per heavy atom. The van der Waals surface area contributed by atoms with E-state index in [-0.39, 0.29) is 29.1 Å². The Morgan fingerprint density at radius 1 is 1.00 bits per heavy atom. The molecule has 0 saturated heterocycles. The van der Waals surface area contributed by atoms with E-state index >= 15 is 0 Å². The van der Waals surface area contributed by atoms with Gasteiger partial charge in [-0.05, 0) is 71.8 Å². The molecule has 1 aliphatic rings. The van der Waals surface area contributed by atoms with Crippen LogP contribution >= 0.6 is 15.9 Å². The number of halogens is 4. The van der Waals surface area contributed by atoms with Crippen LogP contribution in [0.2, 0.25) is 0 Å². The van der Waals surface area contributed by atoms with Crippen molar-refractivity contribution >= 4 is 56.5 Å². The number of aliphatic imine (C=N–C) groups is 1. The molecule has 5 rings (SSSR count). The maximum Gasteiger partial charge on any atom is 0.416 e. The quantitative estimate of drug-likeness (QED) is 0.157. The van der Waals surface area contributed by atoms with E-state index in [0.717, 1.165) is 21.0 Å². The summed E-state index contributed by atoms with van der Waals surface area (Å²) in [6, 6.07) is 21.9. The lowest BCUT2D eigenvalue weighted by molar-refractivity contribution is -0.139. The van der Waals surface area contributed by atoms with Crippen molar-refractivity contribution in [1.29, 1.82) is 0 Å². The van der Waals surface area contributed by atoms with E-state index in [1.807, 2.05) is 24.3 Å². The molecule has 48 heavy (non-hydrogen) atoms. The molecule has 0 atom stereocenters. The molecule has 0 bridgehead atoms. The Kier molecular flexibility index (Phi) is 9.99. The molecule has 3 N–H and O–H groups in total. The van der Waals surface area contributed by atoms with E-state index < -0.39 is 42.5 Å². The molecule has 13 heteroatoms.